The van der Waals surface area contributed by atoms with Crippen LogP contribution in [0, 0.1) is 34.0 Å². The van der Waals surface area contributed by atoms with Crippen LogP contribution in [0.4, 0.5) is 10.5 Å². The molecule has 10 nitrogen and oxygen atoms in total. The van der Waals surface area contributed by atoms with Crippen molar-refractivity contribution in [3.63, 3.8) is 0 Å². The van der Waals surface area contributed by atoms with Crippen LogP contribution in [0.5, 0.6) is 0 Å². The van der Waals surface area contributed by atoms with E-state index in [1.165, 1.54) is 0 Å². The van der Waals surface area contributed by atoms with Crippen molar-refractivity contribution in [3.8, 4) is 0 Å². The van der Waals surface area contributed by atoms with Crippen LogP contribution in [-0.4, -0.2) is 95.5 Å². The van der Waals surface area contributed by atoms with Crippen LogP contribution >= 0.6 is 0 Å². The Morgan fingerprint density at radius 2 is 1.85 bits per heavy atom. The van der Waals surface area contributed by atoms with Gasteiger partial charge in [0.1, 0.15) is 11.9 Å². The summed E-state index contributed by atoms with van der Waals surface area (Å²) in [5.74, 6) is -0.789. The Labute approximate surface area is 278 Å². The molecule has 1 saturated heterocycles. The van der Waals surface area contributed by atoms with Gasteiger partial charge in [-0.25, -0.2) is 9.69 Å². The van der Waals surface area contributed by atoms with Gasteiger partial charge < -0.3 is 25.0 Å². The molecule has 0 radical (unpaired) electrons. The average molecular weight is 649 g/mol. The van der Waals surface area contributed by atoms with E-state index in [1.807, 2.05) is 6.92 Å². The fraction of sp³-hybridized carbons (Fsp3) is 0.676. The number of imide groups is 1. The van der Waals surface area contributed by atoms with Crippen molar-refractivity contribution in [2.45, 2.75) is 85.0 Å². The number of ketones is 1. The number of aliphatic hydroxyl groups excluding tert-OH is 1. The van der Waals surface area contributed by atoms with Crippen molar-refractivity contribution in [1.82, 2.24) is 14.7 Å². The van der Waals surface area contributed by atoms with Gasteiger partial charge in [-0.05, 0) is 67.7 Å². The van der Waals surface area contributed by atoms with E-state index < -0.39 is 35.0 Å². The van der Waals surface area contributed by atoms with E-state index in [-0.39, 0.29) is 41.4 Å². The first-order valence-corrected chi connectivity index (χ1v) is 17.4. The molecule has 10 heteroatoms. The second-order valence-corrected chi connectivity index (χ2v) is 15.7. The SMILES string of the molecule is C=C[C@]1(C)C[C@@H](OC(=O)N2Cc3ccc(NC(=O)CCN4CCN(C)CC4)cc3C2=O)[C@]2(C)[C@H](C)CC[C@]3(CCC(=O)[C@H]32)[C@@H](C)[C@@H]1O. The van der Waals surface area contributed by atoms with E-state index in [2.05, 4.69) is 49.5 Å². The first-order valence-electron chi connectivity index (χ1n) is 17.4. The first kappa shape index (κ1) is 33.8. The number of hydrogen-bond acceptors (Lipinski definition) is 8. The number of nitrogens with one attached hydrogen (secondary N) is 1. The molecule has 47 heavy (non-hydrogen) atoms. The van der Waals surface area contributed by atoms with Crippen LogP contribution in [0.1, 0.15) is 82.1 Å². The van der Waals surface area contributed by atoms with Gasteiger partial charge in [0.05, 0.1) is 12.6 Å². The average Bonchev–Trinajstić information content (AvgIpc) is 3.58. The van der Waals surface area contributed by atoms with Gasteiger partial charge in [-0.2, -0.15) is 0 Å². The van der Waals surface area contributed by atoms with Gasteiger partial charge in [-0.15, -0.1) is 6.58 Å². The summed E-state index contributed by atoms with van der Waals surface area (Å²) in [4.78, 5) is 59.8. The summed E-state index contributed by atoms with van der Waals surface area (Å²) < 4.78 is 6.37. The lowest BCUT2D eigenvalue weighted by atomic mass is 9.44. The lowest BCUT2D eigenvalue weighted by Gasteiger charge is -2.61. The van der Waals surface area contributed by atoms with E-state index in [0.717, 1.165) is 50.3 Å². The molecule has 2 aliphatic heterocycles. The van der Waals surface area contributed by atoms with Gasteiger partial charge in [0.25, 0.3) is 5.91 Å². The number of Topliss-reactive ketones (excluding diaryl/α,β-unsaturated/α-hetero) is 1. The summed E-state index contributed by atoms with van der Waals surface area (Å²) in [5.41, 5.74) is -0.251. The summed E-state index contributed by atoms with van der Waals surface area (Å²) >= 11 is 0. The fourth-order valence-electron chi connectivity index (χ4n) is 9.77. The molecule has 8 atom stereocenters. The first-order chi connectivity index (χ1) is 22.2. The third-order valence-corrected chi connectivity index (χ3v) is 13.2. The number of piperazine rings is 1. The Hall–Kier alpha value is -3.08. The standard InChI is InChI=1S/C37H52N4O6/c1-7-35(4)21-29(36(5)23(2)10-13-37(24(3)32(35)44)14-11-28(42)31(36)37)47-34(46)41-22-25-8-9-26(20-27(25)33(41)45)38-30(43)12-15-40-18-16-39(6)17-19-40/h7-9,20,23-24,29,31-32,44H,1,10-19,21-22H2,2-6H3,(H,38,43)/t23-,24+,29-,31+,32+,35-,36+,37+/m1/s1. The zero-order valence-corrected chi connectivity index (χ0v) is 28.7. The Morgan fingerprint density at radius 3 is 2.55 bits per heavy atom. The topological polar surface area (TPSA) is 119 Å². The summed E-state index contributed by atoms with van der Waals surface area (Å²) in [6, 6.07) is 5.17. The van der Waals surface area contributed by atoms with Crippen LogP contribution in [0.2, 0.25) is 0 Å². The highest BCUT2D eigenvalue weighted by Gasteiger charge is 2.68. The highest BCUT2D eigenvalue weighted by Crippen LogP contribution is 2.68. The maximum absolute atomic E-state index is 14.0. The zero-order valence-electron chi connectivity index (χ0n) is 28.7. The van der Waals surface area contributed by atoms with Crippen molar-refractivity contribution in [1.29, 1.82) is 0 Å². The van der Waals surface area contributed by atoms with Crippen molar-refractivity contribution >= 4 is 29.4 Å². The number of carbonyl (C=O) groups is 4. The largest absolute Gasteiger partial charge is 0.445 e. The van der Waals surface area contributed by atoms with Crippen molar-refractivity contribution in [2.75, 3.05) is 45.1 Å². The lowest BCUT2D eigenvalue weighted by molar-refractivity contribution is -0.192. The minimum absolute atomic E-state index is 0.0638. The van der Waals surface area contributed by atoms with E-state index in [4.69, 9.17) is 4.74 Å². The Bertz CT molecular complexity index is 1460. The number of likely N-dealkylation sites (N-methyl/N-ethyl adjacent to an activating group) is 1. The van der Waals surface area contributed by atoms with E-state index in [9.17, 15) is 24.3 Å². The lowest BCUT2D eigenvalue weighted by Crippen LogP contribution is -2.63. The molecule has 0 unspecified atom stereocenters. The number of aliphatic hydroxyl groups is 1. The quantitative estimate of drug-likeness (QED) is 0.426. The number of carbonyl (C=O) groups excluding carboxylic acids is 4. The predicted molar refractivity (Wildman–Crippen MR) is 179 cm³/mol. The molecular formula is C37H52N4O6. The second-order valence-electron chi connectivity index (χ2n) is 15.7. The fourth-order valence-corrected chi connectivity index (χ4v) is 9.77. The number of hydrogen-bond donors (Lipinski definition) is 2. The summed E-state index contributed by atoms with van der Waals surface area (Å²) in [7, 11) is 2.10. The monoisotopic (exact) mass is 648 g/mol. The Balaban J connectivity index is 1.19. The molecule has 1 aromatic rings. The van der Waals surface area contributed by atoms with Gasteiger partial charge in [0.15, 0.2) is 0 Å². The molecule has 2 heterocycles. The molecule has 2 bridgehead atoms. The molecule has 2 N–H and O–H groups in total. The minimum Gasteiger partial charge on any atom is -0.445 e. The minimum atomic E-state index is -0.764. The van der Waals surface area contributed by atoms with Gasteiger partial charge in [-0.3, -0.25) is 14.4 Å². The number of amides is 3. The molecule has 5 aliphatic rings. The molecule has 3 amide bonds. The molecule has 256 valence electrons. The molecule has 6 rings (SSSR count). The number of rotatable bonds is 6. The van der Waals surface area contributed by atoms with Gasteiger partial charge >= 0.3 is 6.09 Å². The van der Waals surface area contributed by atoms with Crippen LogP contribution in [0.3, 0.4) is 0 Å². The number of fused-ring (bicyclic) bond motifs is 1. The van der Waals surface area contributed by atoms with E-state index in [1.54, 1.807) is 24.3 Å². The van der Waals surface area contributed by atoms with Gasteiger partial charge in [0, 0.05) is 73.6 Å². The Morgan fingerprint density at radius 1 is 1.13 bits per heavy atom. The molecule has 3 aliphatic carbocycles. The molecule has 1 aromatic carbocycles. The van der Waals surface area contributed by atoms with Gasteiger partial charge in [-0.1, -0.05) is 39.8 Å². The third-order valence-electron chi connectivity index (χ3n) is 13.2. The van der Waals surface area contributed by atoms with E-state index >= 15 is 0 Å². The van der Waals surface area contributed by atoms with Crippen molar-refractivity contribution in [2.24, 2.45) is 34.0 Å². The highest BCUT2D eigenvalue weighted by molar-refractivity contribution is 6.07. The number of nitrogens with zero attached hydrogens (tertiary/aromatic N) is 3. The summed E-state index contributed by atoms with van der Waals surface area (Å²) in [5, 5.41) is 14.7. The number of benzene rings is 1. The number of anilines is 1. The van der Waals surface area contributed by atoms with Crippen LogP contribution in [-0.2, 0) is 20.9 Å². The molecular weight excluding hydrogens is 596 g/mol. The third kappa shape index (κ3) is 5.64. The van der Waals surface area contributed by atoms with Crippen LogP contribution in [0.25, 0.3) is 0 Å². The predicted octanol–water partition coefficient (Wildman–Crippen LogP) is 4.72. The normalized spacial score (nSPS) is 37.5. The molecule has 3 saturated carbocycles. The zero-order chi connectivity index (χ0) is 33.9. The maximum atomic E-state index is 14.0. The smallest absolute Gasteiger partial charge is 0.417 e. The highest BCUT2D eigenvalue weighted by atomic mass is 16.6. The van der Waals surface area contributed by atoms with Crippen LogP contribution in [0.15, 0.2) is 30.9 Å². The molecule has 0 spiro atoms. The summed E-state index contributed by atoms with van der Waals surface area (Å²) in [6.07, 6.45) is 3.09. The summed E-state index contributed by atoms with van der Waals surface area (Å²) in [6.45, 7) is 16.9. The second kappa shape index (κ2) is 12.4. The molecule has 0 aromatic heterocycles. The maximum Gasteiger partial charge on any atom is 0.417 e. The van der Waals surface area contributed by atoms with Gasteiger partial charge in [0.2, 0.25) is 5.91 Å². The van der Waals surface area contributed by atoms with E-state index in [0.29, 0.717) is 42.6 Å². The van der Waals surface area contributed by atoms with Crippen molar-refractivity contribution in [3.05, 3.63) is 42.0 Å². The van der Waals surface area contributed by atoms with Crippen LogP contribution < -0.4 is 5.32 Å². The van der Waals surface area contributed by atoms with Crippen molar-refractivity contribution < 1.29 is 29.0 Å². The number of ether oxygens (including phenoxy) is 1. The Kier molecular flexibility index (Phi) is 8.94. The molecule has 4 fully saturated rings.